The molecule has 0 fully saturated rings. The second kappa shape index (κ2) is 5.68. The van der Waals surface area contributed by atoms with Crippen LogP contribution in [-0.2, 0) is 0 Å². The number of anilines is 1. The highest BCUT2D eigenvalue weighted by atomic mass is 16.2. The van der Waals surface area contributed by atoms with Crippen molar-refractivity contribution in [3.05, 3.63) is 65.4 Å². The summed E-state index contributed by atoms with van der Waals surface area (Å²) in [5, 5.41) is 1.12. The van der Waals surface area contributed by atoms with Gasteiger partial charge in [0.25, 0.3) is 5.91 Å². The molecular weight excluding hydrogens is 272 g/mol. The van der Waals surface area contributed by atoms with E-state index in [1.165, 1.54) is 5.56 Å². The first-order valence-electron chi connectivity index (χ1n) is 7.57. The van der Waals surface area contributed by atoms with Crippen molar-refractivity contribution in [3.63, 3.8) is 0 Å². The monoisotopic (exact) mass is 292 g/mol. The zero-order valence-corrected chi connectivity index (χ0v) is 13.2. The van der Waals surface area contributed by atoms with Crippen molar-refractivity contribution in [3.8, 4) is 0 Å². The second-order valence-electron chi connectivity index (χ2n) is 5.52. The maximum Gasteiger partial charge on any atom is 0.258 e. The predicted octanol–water partition coefficient (Wildman–Crippen LogP) is 4.45. The quantitative estimate of drug-likeness (QED) is 0.760. The third kappa shape index (κ3) is 2.39. The number of hydrogen-bond acceptors (Lipinski definition) is 1. The number of hydrogen-bond donors (Lipinski definition) is 1. The molecule has 0 aliphatic rings. The molecule has 3 aromatic rings. The van der Waals surface area contributed by atoms with E-state index < -0.39 is 0 Å². The van der Waals surface area contributed by atoms with Crippen LogP contribution < -0.4 is 4.90 Å². The van der Waals surface area contributed by atoms with Crippen LogP contribution in [0.1, 0.15) is 28.5 Å². The molecule has 1 amide bonds. The Morgan fingerprint density at radius 3 is 2.50 bits per heavy atom. The smallest absolute Gasteiger partial charge is 0.258 e. The molecule has 3 rings (SSSR count). The van der Waals surface area contributed by atoms with Gasteiger partial charge in [-0.05, 0) is 56.7 Å². The lowest BCUT2D eigenvalue weighted by Gasteiger charge is -2.21. The van der Waals surface area contributed by atoms with E-state index in [-0.39, 0.29) is 5.91 Å². The van der Waals surface area contributed by atoms with E-state index in [1.807, 2.05) is 55.5 Å². The van der Waals surface area contributed by atoms with Crippen LogP contribution in [0.3, 0.4) is 0 Å². The zero-order valence-electron chi connectivity index (χ0n) is 13.2. The highest BCUT2D eigenvalue weighted by molar-refractivity contribution is 6.08. The first-order chi connectivity index (χ1) is 10.6. The lowest BCUT2D eigenvalue weighted by atomic mass is 10.1. The molecular formula is C19H20N2O. The zero-order chi connectivity index (χ0) is 15.7. The van der Waals surface area contributed by atoms with E-state index >= 15 is 0 Å². The minimum Gasteiger partial charge on any atom is -0.358 e. The lowest BCUT2D eigenvalue weighted by Crippen LogP contribution is -2.30. The summed E-state index contributed by atoms with van der Waals surface area (Å²) < 4.78 is 0. The van der Waals surface area contributed by atoms with Crippen molar-refractivity contribution >= 4 is 22.5 Å². The Hall–Kier alpha value is -2.55. The van der Waals surface area contributed by atoms with Crippen LogP contribution in [0.15, 0.2) is 48.5 Å². The van der Waals surface area contributed by atoms with Gasteiger partial charge >= 0.3 is 0 Å². The van der Waals surface area contributed by atoms with E-state index in [0.717, 1.165) is 27.8 Å². The number of nitrogens with zero attached hydrogens (tertiary/aromatic N) is 1. The molecule has 0 saturated heterocycles. The number of nitrogens with one attached hydrogen (secondary N) is 1. The van der Waals surface area contributed by atoms with Gasteiger partial charge in [0, 0.05) is 34.4 Å². The Kier molecular flexibility index (Phi) is 3.72. The van der Waals surface area contributed by atoms with Crippen molar-refractivity contribution in [2.24, 2.45) is 0 Å². The molecule has 0 aliphatic heterocycles. The van der Waals surface area contributed by atoms with Gasteiger partial charge in [-0.25, -0.2) is 0 Å². The van der Waals surface area contributed by atoms with Crippen molar-refractivity contribution in [1.82, 2.24) is 4.98 Å². The van der Waals surface area contributed by atoms with Crippen LogP contribution in [0.5, 0.6) is 0 Å². The van der Waals surface area contributed by atoms with E-state index in [2.05, 4.69) is 18.8 Å². The van der Waals surface area contributed by atoms with Gasteiger partial charge in [-0.15, -0.1) is 0 Å². The van der Waals surface area contributed by atoms with Gasteiger partial charge in [-0.3, -0.25) is 4.79 Å². The molecule has 2 aromatic carbocycles. The van der Waals surface area contributed by atoms with E-state index in [1.54, 1.807) is 4.90 Å². The number of benzene rings is 2. The van der Waals surface area contributed by atoms with Gasteiger partial charge in [-0.1, -0.05) is 18.2 Å². The van der Waals surface area contributed by atoms with Gasteiger partial charge < -0.3 is 9.88 Å². The summed E-state index contributed by atoms with van der Waals surface area (Å²) in [4.78, 5) is 18.0. The van der Waals surface area contributed by atoms with Gasteiger partial charge in [0.1, 0.15) is 0 Å². The molecule has 1 aromatic heterocycles. The Labute approximate surface area is 130 Å². The van der Waals surface area contributed by atoms with Crippen LogP contribution in [0.2, 0.25) is 0 Å². The fraction of sp³-hybridized carbons (Fsp3) is 0.211. The number of para-hydroxylation sites is 1. The topological polar surface area (TPSA) is 36.1 Å². The highest BCUT2D eigenvalue weighted by Gasteiger charge is 2.17. The summed E-state index contributed by atoms with van der Waals surface area (Å²) in [5.41, 5.74) is 5.08. The van der Waals surface area contributed by atoms with Gasteiger partial charge in [0.05, 0.1) is 0 Å². The van der Waals surface area contributed by atoms with Crippen molar-refractivity contribution < 1.29 is 4.79 Å². The minimum absolute atomic E-state index is 0.0360. The lowest BCUT2D eigenvalue weighted by molar-refractivity contribution is 0.0988. The number of aromatic nitrogens is 1. The normalized spacial score (nSPS) is 10.9. The fourth-order valence-corrected chi connectivity index (χ4v) is 2.80. The number of H-pyrrole nitrogens is 1. The first-order valence-corrected chi connectivity index (χ1v) is 7.57. The molecule has 1 N–H and O–H groups in total. The largest absolute Gasteiger partial charge is 0.358 e. The number of carbonyl (C=O) groups is 1. The summed E-state index contributed by atoms with van der Waals surface area (Å²) >= 11 is 0. The Morgan fingerprint density at radius 2 is 1.82 bits per heavy atom. The number of aryl methyl sites for hydroxylation is 2. The fourth-order valence-electron chi connectivity index (χ4n) is 2.80. The molecule has 0 spiro atoms. The van der Waals surface area contributed by atoms with Crippen LogP contribution in [0, 0.1) is 13.8 Å². The number of aromatic amines is 1. The molecule has 22 heavy (non-hydrogen) atoms. The summed E-state index contributed by atoms with van der Waals surface area (Å²) in [7, 11) is 0. The number of amides is 1. The van der Waals surface area contributed by atoms with Gasteiger partial charge in [0.15, 0.2) is 0 Å². The van der Waals surface area contributed by atoms with Crippen molar-refractivity contribution in [2.45, 2.75) is 20.8 Å². The number of carbonyl (C=O) groups excluding carboxylic acids is 1. The first kappa shape index (κ1) is 14.4. The molecule has 0 atom stereocenters. The molecule has 3 heteroatoms. The number of rotatable bonds is 3. The molecule has 3 nitrogen and oxygen atoms in total. The average molecular weight is 292 g/mol. The Bertz CT molecular complexity index is 818. The maximum absolute atomic E-state index is 12.9. The molecule has 0 aliphatic carbocycles. The van der Waals surface area contributed by atoms with Crippen molar-refractivity contribution in [1.29, 1.82) is 0 Å². The minimum atomic E-state index is 0.0360. The van der Waals surface area contributed by atoms with E-state index in [0.29, 0.717) is 6.54 Å². The van der Waals surface area contributed by atoms with Crippen LogP contribution in [0.4, 0.5) is 5.69 Å². The molecule has 112 valence electrons. The number of fused-ring (bicyclic) bond motifs is 1. The second-order valence-corrected chi connectivity index (χ2v) is 5.52. The van der Waals surface area contributed by atoms with Gasteiger partial charge in [-0.2, -0.15) is 0 Å². The standard InChI is InChI=1S/C19H20N2O/c1-4-21(16-8-6-5-7-9-16)19(22)15-10-11-18-17(12-15)13(2)14(3)20-18/h5-12,20H,4H2,1-3H3. The summed E-state index contributed by atoms with van der Waals surface area (Å²) in [6.45, 7) is 6.78. The highest BCUT2D eigenvalue weighted by Crippen LogP contribution is 2.24. The molecule has 1 heterocycles. The summed E-state index contributed by atoms with van der Waals surface area (Å²) in [6.07, 6.45) is 0. The molecule has 0 unspecified atom stereocenters. The molecule has 0 bridgehead atoms. The maximum atomic E-state index is 12.9. The third-order valence-corrected chi connectivity index (χ3v) is 4.18. The Morgan fingerprint density at radius 1 is 1.09 bits per heavy atom. The van der Waals surface area contributed by atoms with Crippen LogP contribution >= 0.6 is 0 Å². The third-order valence-electron chi connectivity index (χ3n) is 4.18. The van der Waals surface area contributed by atoms with Crippen LogP contribution in [-0.4, -0.2) is 17.4 Å². The average Bonchev–Trinajstić information content (AvgIpc) is 2.83. The molecule has 0 radical (unpaired) electrons. The summed E-state index contributed by atoms with van der Waals surface area (Å²) in [6, 6.07) is 15.7. The predicted molar refractivity (Wildman–Crippen MR) is 91.6 cm³/mol. The SMILES string of the molecule is CCN(C(=O)c1ccc2[nH]c(C)c(C)c2c1)c1ccccc1. The Balaban J connectivity index is 2.02. The van der Waals surface area contributed by atoms with Gasteiger partial charge in [0.2, 0.25) is 0 Å². The van der Waals surface area contributed by atoms with Crippen molar-refractivity contribution in [2.75, 3.05) is 11.4 Å². The van der Waals surface area contributed by atoms with E-state index in [9.17, 15) is 4.79 Å². The van der Waals surface area contributed by atoms with E-state index in [4.69, 9.17) is 0 Å². The van der Waals surface area contributed by atoms with Crippen LogP contribution in [0.25, 0.3) is 10.9 Å². The molecule has 0 saturated carbocycles. The summed E-state index contributed by atoms with van der Waals surface area (Å²) in [5.74, 6) is 0.0360.